The van der Waals surface area contributed by atoms with Crippen LogP contribution in [-0.2, 0) is 24.8 Å². The van der Waals surface area contributed by atoms with Crippen LogP contribution >= 0.6 is 7.60 Å². The lowest BCUT2D eigenvalue weighted by atomic mass is 10.1. The molecule has 0 aromatic heterocycles. The van der Waals surface area contributed by atoms with Gasteiger partial charge in [-0.2, -0.15) is 0 Å². The number of hydrogen-bond donors (Lipinski definition) is 1. The van der Waals surface area contributed by atoms with Gasteiger partial charge in [0.05, 0.1) is 18.5 Å². The van der Waals surface area contributed by atoms with Gasteiger partial charge in [0.25, 0.3) is 0 Å². The van der Waals surface area contributed by atoms with E-state index in [0.29, 0.717) is 17.3 Å². The van der Waals surface area contributed by atoms with Gasteiger partial charge in [0.2, 0.25) is 5.91 Å². The lowest BCUT2D eigenvalue weighted by Crippen LogP contribution is -2.15. The van der Waals surface area contributed by atoms with E-state index in [-0.39, 0.29) is 13.2 Å². The van der Waals surface area contributed by atoms with Crippen molar-refractivity contribution >= 4 is 24.4 Å². The topological polar surface area (TPSA) is 78.6 Å². The number of fused-ring (bicyclic) bond motifs is 1. The Hall–Kier alpha value is -1.42. The standard InChI is InChI=1S/C14H18NO4P/c1-3-18-20(17,19-4-2)11-7-5-10-6-8-12(14(15)16)13(10)9-11/h5,7-9H,3-4,6H2,1-2H3,(H2,15,16). The Morgan fingerprint density at radius 1 is 1.30 bits per heavy atom. The summed E-state index contributed by atoms with van der Waals surface area (Å²) in [6.45, 7) is 4.08. The molecule has 0 fully saturated rings. The summed E-state index contributed by atoms with van der Waals surface area (Å²) in [6.07, 6.45) is 2.44. The summed E-state index contributed by atoms with van der Waals surface area (Å²) in [5, 5.41) is 0.453. The fraction of sp³-hybridized carbons (Fsp3) is 0.357. The molecule has 0 bridgehead atoms. The second-order valence-corrected chi connectivity index (χ2v) is 6.39. The Bertz CT molecular complexity index is 599. The number of rotatable bonds is 6. The van der Waals surface area contributed by atoms with Crippen LogP contribution in [0.25, 0.3) is 5.57 Å². The number of carbonyl (C=O) groups excluding carboxylic acids is 1. The zero-order valence-corrected chi connectivity index (χ0v) is 12.5. The van der Waals surface area contributed by atoms with E-state index < -0.39 is 13.5 Å². The molecule has 0 atom stereocenters. The zero-order valence-electron chi connectivity index (χ0n) is 11.6. The first-order chi connectivity index (χ1) is 9.51. The quantitative estimate of drug-likeness (QED) is 0.814. The minimum Gasteiger partial charge on any atom is -0.366 e. The van der Waals surface area contributed by atoms with Gasteiger partial charge in [-0.3, -0.25) is 9.36 Å². The molecular formula is C14H18NO4P. The Labute approximate surface area is 118 Å². The summed E-state index contributed by atoms with van der Waals surface area (Å²) in [7, 11) is -3.34. The van der Waals surface area contributed by atoms with Gasteiger partial charge in [-0.1, -0.05) is 12.1 Å². The lowest BCUT2D eigenvalue weighted by Gasteiger charge is -2.18. The van der Waals surface area contributed by atoms with Crippen molar-refractivity contribution in [2.24, 2.45) is 5.73 Å². The van der Waals surface area contributed by atoms with Crippen LogP contribution in [0.15, 0.2) is 24.3 Å². The van der Waals surface area contributed by atoms with Gasteiger partial charge in [-0.05, 0) is 43.5 Å². The van der Waals surface area contributed by atoms with Crippen molar-refractivity contribution in [2.45, 2.75) is 20.3 Å². The second kappa shape index (κ2) is 5.92. The molecule has 5 nitrogen and oxygen atoms in total. The summed E-state index contributed by atoms with van der Waals surface area (Å²) in [6, 6.07) is 5.25. The Kier molecular flexibility index (Phi) is 4.43. The monoisotopic (exact) mass is 295 g/mol. The van der Waals surface area contributed by atoms with Crippen LogP contribution < -0.4 is 11.0 Å². The van der Waals surface area contributed by atoms with Gasteiger partial charge in [-0.15, -0.1) is 0 Å². The number of benzene rings is 1. The minimum absolute atomic E-state index is 0.285. The maximum atomic E-state index is 12.7. The SMILES string of the molecule is CCOP(=O)(OCC)c1ccc2c(c1)C(C(N)=O)=CC2. The average molecular weight is 295 g/mol. The predicted molar refractivity (Wildman–Crippen MR) is 77.8 cm³/mol. The highest BCUT2D eigenvalue weighted by Crippen LogP contribution is 2.47. The third kappa shape index (κ3) is 2.70. The zero-order chi connectivity index (χ0) is 14.8. The van der Waals surface area contributed by atoms with E-state index in [9.17, 15) is 9.36 Å². The summed E-state index contributed by atoms with van der Waals surface area (Å²) < 4.78 is 23.3. The first-order valence-electron chi connectivity index (χ1n) is 6.54. The van der Waals surface area contributed by atoms with E-state index in [1.807, 2.05) is 6.07 Å². The van der Waals surface area contributed by atoms with Crippen LogP contribution in [0, 0.1) is 0 Å². The number of carbonyl (C=O) groups is 1. The summed E-state index contributed by atoms with van der Waals surface area (Å²) in [5.74, 6) is -0.483. The second-order valence-electron chi connectivity index (χ2n) is 4.36. The fourth-order valence-corrected chi connectivity index (χ4v) is 3.84. The van der Waals surface area contributed by atoms with E-state index in [1.54, 1.807) is 32.1 Å². The summed E-state index contributed by atoms with van der Waals surface area (Å²) in [5.41, 5.74) is 7.52. The average Bonchev–Trinajstić information content (AvgIpc) is 2.82. The minimum atomic E-state index is -3.34. The maximum absolute atomic E-state index is 12.7. The van der Waals surface area contributed by atoms with Crippen molar-refractivity contribution in [1.29, 1.82) is 0 Å². The van der Waals surface area contributed by atoms with Crippen LogP contribution in [0.5, 0.6) is 0 Å². The van der Waals surface area contributed by atoms with Gasteiger partial charge in [0.1, 0.15) is 0 Å². The molecular weight excluding hydrogens is 277 g/mol. The molecule has 1 aromatic rings. The fourth-order valence-electron chi connectivity index (χ4n) is 2.25. The van der Waals surface area contributed by atoms with Crippen LogP contribution in [0.3, 0.4) is 0 Å². The van der Waals surface area contributed by atoms with Crippen LogP contribution in [0.4, 0.5) is 0 Å². The van der Waals surface area contributed by atoms with E-state index in [1.165, 1.54) is 0 Å². The van der Waals surface area contributed by atoms with Crippen molar-refractivity contribution in [2.75, 3.05) is 13.2 Å². The van der Waals surface area contributed by atoms with Gasteiger partial charge in [0.15, 0.2) is 0 Å². The predicted octanol–water partition coefficient (Wildman–Crippen LogP) is 2.00. The molecule has 0 spiro atoms. The van der Waals surface area contributed by atoms with E-state index in [2.05, 4.69) is 0 Å². The lowest BCUT2D eigenvalue weighted by molar-refractivity contribution is -0.112. The molecule has 6 heteroatoms. The number of hydrogen-bond acceptors (Lipinski definition) is 4. The first kappa shape index (κ1) is 15.0. The normalized spacial score (nSPS) is 14.0. The molecule has 1 aromatic carbocycles. The number of primary amides is 1. The molecule has 1 aliphatic rings. The Balaban J connectivity index is 2.45. The number of nitrogens with two attached hydrogens (primary N) is 1. The highest BCUT2D eigenvalue weighted by Gasteiger charge is 2.29. The molecule has 0 radical (unpaired) electrons. The molecule has 0 aliphatic heterocycles. The Morgan fingerprint density at radius 2 is 1.95 bits per heavy atom. The van der Waals surface area contributed by atoms with Gasteiger partial charge in [0, 0.05) is 5.57 Å². The molecule has 1 amide bonds. The smallest absolute Gasteiger partial charge is 0.361 e. The first-order valence-corrected chi connectivity index (χ1v) is 8.09. The number of allylic oxidation sites excluding steroid dienone is 1. The van der Waals surface area contributed by atoms with E-state index in [4.69, 9.17) is 14.8 Å². The third-order valence-electron chi connectivity index (χ3n) is 3.09. The molecule has 2 N–H and O–H groups in total. The third-order valence-corrected chi connectivity index (χ3v) is 5.20. The van der Waals surface area contributed by atoms with Crippen molar-refractivity contribution in [3.8, 4) is 0 Å². The maximum Gasteiger partial charge on any atom is 0.361 e. The van der Waals surface area contributed by atoms with Crippen LogP contribution in [-0.4, -0.2) is 19.1 Å². The van der Waals surface area contributed by atoms with Crippen LogP contribution in [0.1, 0.15) is 25.0 Å². The van der Waals surface area contributed by atoms with Crippen molar-refractivity contribution < 1.29 is 18.4 Å². The summed E-state index contributed by atoms with van der Waals surface area (Å²) in [4.78, 5) is 11.4. The molecule has 20 heavy (non-hydrogen) atoms. The Morgan fingerprint density at radius 3 is 2.50 bits per heavy atom. The number of amides is 1. The van der Waals surface area contributed by atoms with E-state index in [0.717, 1.165) is 11.1 Å². The van der Waals surface area contributed by atoms with Crippen molar-refractivity contribution in [1.82, 2.24) is 0 Å². The summed E-state index contributed by atoms with van der Waals surface area (Å²) >= 11 is 0. The molecule has 0 heterocycles. The van der Waals surface area contributed by atoms with E-state index >= 15 is 0 Å². The molecule has 108 valence electrons. The molecule has 0 saturated carbocycles. The highest BCUT2D eigenvalue weighted by atomic mass is 31.2. The molecule has 2 rings (SSSR count). The van der Waals surface area contributed by atoms with Crippen molar-refractivity contribution in [3.63, 3.8) is 0 Å². The van der Waals surface area contributed by atoms with Gasteiger partial charge < -0.3 is 14.8 Å². The van der Waals surface area contributed by atoms with Gasteiger partial charge in [-0.25, -0.2) is 0 Å². The largest absolute Gasteiger partial charge is 0.366 e. The van der Waals surface area contributed by atoms with Gasteiger partial charge >= 0.3 is 7.60 Å². The molecule has 0 saturated heterocycles. The van der Waals surface area contributed by atoms with Crippen molar-refractivity contribution in [3.05, 3.63) is 35.4 Å². The highest BCUT2D eigenvalue weighted by molar-refractivity contribution is 7.62. The van der Waals surface area contributed by atoms with Crippen LogP contribution in [0.2, 0.25) is 0 Å². The molecule has 1 aliphatic carbocycles. The molecule has 0 unspecified atom stereocenters.